The van der Waals surface area contributed by atoms with E-state index in [2.05, 4.69) is 61.5 Å². The number of fused-ring (bicyclic) bond motifs is 2. The average molecular weight is 1240 g/mol. The van der Waals surface area contributed by atoms with Crippen molar-refractivity contribution in [2.75, 3.05) is 87.7 Å². The molecule has 4 aromatic heterocycles. The van der Waals surface area contributed by atoms with Crippen LogP contribution in [0.2, 0.25) is 0 Å². The number of rotatable bonds is 25. The monoisotopic (exact) mass is 1240 g/mol. The maximum atomic E-state index is 14.8. The van der Waals surface area contributed by atoms with Gasteiger partial charge in [0, 0.05) is 106 Å². The van der Waals surface area contributed by atoms with Crippen LogP contribution in [0.15, 0.2) is 89.0 Å². The van der Waals surface area contributed by atoms with Crippen molar-refractivity contribution in [3.8, 4) is 39.2 Å². The average Bonchev–Trinajstić information content (AvgIpc) is 3.36. The Morgan fingerprint density at radius 2 is 1.63 bits per heavy atom. The lowest BCUT2D eigenvalue weighted by Gasteiger charge is -2.43. The van der Waals surface area contributed by atoms with Gasteiger partial charge in [0.2, 0.25) is 17.7 Å². The van der Waals surface area contributed by atoms with E-state index in [1.54, 1.807) is 37.6 Å². The van der Waals surface area contributed by atoms with Crippen molar-refractivity contribution in [3.05, 3.63) is 102 Å². The molecule has 4 aliphatic heterocycles. The Morgan fingerprint density at radius 3 is 2.34 bits per heavy atom. The molecule has 10 rings (SSSR count). The highest BCUT2D eigenvalue weighted by atomic mass is 32.1. The number of hydrogen-bond donors (Lipinski definition) is 5. The van der Waals surface area contributed by atoms with Gasteiger partial charge in [-0.3, -0.25) is 28.4 Å². The summed E-state index contributed by atoms with van der Waals surface area (Å²) in [6.45, 7) is 16.7. The van der Waals surface area contributed by atoms with E-state index in [1.165, 1.54) is 16.2 Å². The molecule has 0 spiro atoms. The fourth-order valence-electron chi connectivity index (χ4n) is 12.0. The summed E-state index contributed by atoms with van der Waals surface area (Å²) in [6.07, 6.45) is 2.70. The summed E-state index contributed by atoms with van der Waals surface area (Å²) in [5, 5.41) is 26.2. The minimum absolute atomic E-state index is 0.138. The Kier molecular flexibility index (Phi) is 19.8. The van der Waals surface area contributed by atoms with Crippen LogP contribution in [0.5, 0.6) is 17.5 Å². The van der Waals surface area contributed by atoms with Gasteiger partial charge in [-0.2, -0.15) is 4.31 Å². The Morgan fingerprint density at radius 1 is 0.884 bits per heavy atom. The maximum absolute atomic E-state index is 14.8. The second-order valence-electron chi connectivity index (χ2n) is 22.7. The number of phenols is 1. The number of hydrogen-bond acceptors (Lipinski definition) is 22. The Balaban J connectivity index is 0.705. The number of nitrogen functional groups attached to an aromatic ring is 1. The highest BCUT2D eigenvalue weighted by molar-refractivity contribution is 7.61. The standard InChI is InChI=1S/C58H76N12O13P2S/c1-7-24-80-84(74,75)83-85(76,77)82-45-28-49(57(72)62-38(5)40-12-14-41(15-13-40)55-39(6)61-35-86-55)69(34-45)58(73)54(36(2)3)51-30-53(65-81-51)79-25-22-66-20-21-67(37(4)31-66)23-26-78-52-27-42(18-19-60-52)70-43-16-17-44(70)33-68(32-43)48-29-47(63-64-56(48)59)46-10-8-9-11-50(46)71/h8-15,18-19,27,29-30,35-38,43-45,49,54,71H,7,16-17,20-26,28,31-34H2,1-6H3,(H2,59,64)(H,62,72)(H,74,75)(H,76,77)/t37-,38+,43?,44?,45-,49+,54-/m1/s1. The zero-order chi connectivity index (χ0) is 60.9. The number of aromatic hydroxyl groups is 1. The molecule has 25 nitrogen and oxygen atoms in total. The van der Waals surface area contributed by atoms with E-state index < -0.39 is 51.6 Å². The number of pyridine rings is 1. The first-order valence-electron chi connectivity index (χ1n) is 29.1. The van der Waals surface area contributed by atoms with E-state index in [0.717, 1.165) is 85.2 Å². The quantitative estimate of drug-likeness (QED) is 0.0341. The van der Waals surface area contributed by atoms with E-state index in [0.29, 0.717) is 49.1 Å². The summed E-state index contributed by atoms with van der Waals surface area (Å²) in [5.74, 6) is -0.980. The molecule has 0 radical (unpaired) electrons. The highest BCUT2D eigenvalue weighted by Crippen LogP contribution is 2.61. The molecule has 0 saturated carbocycles. The minimum Gasteiger partial charge on any atom is -0.507 e. The van der Waals surface area contributed by atoms with Crippen molar-refractivity contribution >= 4 is 56.0 Å². The van der Waals surface area contributed by atoms with Crippen molar-refractivity contribution in [2.24, 2.45) is 5.92 Å². The van der Waals surface area contributed by atoms with Gasteiger partial charge in [0.15, 0.2) is 11.6 Å². The van der Waals surface area contributed by atoms with Crippen LogP contribution in [0.3, 0.4) is 0 Å². The second kappa shape index (κ2) is 27.2. The molecule has 462 valence electrons. The van der Waals surface area contributed by atoms with Crippen LogP contribution in [-0.4, -0.2) is 169 Å². The predicted octanol–water partition coefficient (Wildman–Crippen LogP) is 7.81. The van der Waals surface area contributed by atoms with Crippen molar-refractivity contribution in [1.29, 1.82) is 0 Å². The largest absolute Gasteiger partial charge is 0.507 e. The van der Waals surface area contributed by atoms with Crippen LogP contribution in [0.25, 0.3) is 21.7 Å². The van der Waals surface area contributed by atoms with E-state index in [1.807, 2.05) is 81.6 Å². The number of nitrogens with zero attached hydrogens (tertiary/aromatic N) is 10. The van der Waals surface area contributed by atoms with Crippen molar-refractivity contribution in [3.63, 3.8) is 0 Å². The summed E-state index contributed by atoms with van der Waals surface area (Å²) >= 11 is 1.53. The first-order valence-corrected chi connectivity index (χ1v) is 33.0. The van der Waals surface area contributed by atoms with Gasteiger partial charge < -0.3 is 54.6 Å². The number of phosphoric acid groups is 2. The molecule has 86 heavy (non-hydrogen) atoms. The predicted molar refractivity (Wildman–Crippen MR) is 323 cm³/mol. The molecule has 0 aliphatic carbocycles. The molecule has 6 N–H and O–H groups in total. The van der Waals surface area contributed by atoms with Crippen molar-refractivity contribution < 1.29 is 61.0 Å². The van der Waals surface area contributed by atoms with Crippen LogP contribution >= 0.6 is 27.0 Å². The topological polar surface area (TPSA) is 307 Å². The summed E-state index contributed by atoms with van der Waals surface area (Å²) in [6, 6.07) is 21.4. The van der Waals surface area contributed by atoms with Crippen molar-refractivity contribution in [2.45, 2.75) is 109 Å². The number of aryl methyl sites for hydroxylation is 1. The van der Waals surface area contributed by atoms with Gasteiger partial charge in [0.05, 0.1) is 46.2 Å². The van der Waals surface area contributed by atoms with Gasteiger partial charge in [-0.05, 0) is 86.5 Å². The van der Waals surface area contributed by atoms with Gasteiger partial charge in [-0.15, -0.1) is 21.5 Å². The molecule has 2 aromatic carbocycles. The van der Waals surface area contributed by atoms with E-state index in [4.69, 9.17) is 28.8 Å². The number of nitrogens with two attached hydrogens (primary N) is 1. The van der Waals surface area contributed by atoms with Crippen LogP contribution in [0, 0.1) is 12.8 Å². The molecule has 28 heteroatoms. The number of para-hydroxylation sites is 1. The molecular weight excluding hydrogens is 1170 g/mol. The van der Waals surface area contributed by atoms with Gasteiger partial charge in [-0.25, -0.2) is 19.1 Å². The fraction of sp³-hybridized carbons (Fsp3) is 0.500. The molecule has 2 bridgehead atoms. The number of thiazole rings is 1. The lowest BCUT2D eigenvalue weighted by Crippen LogP contribution is -2.54. The van der Waals surface area contributed by atoms with Gasteiger partial charge in [0.25, 0.3) is 5.88 Å². The van der Waals surface area contributed by atoms with Crippen LogP contribution in [-0.2, 0) is 32.1 Å². The summed E-state index contributed by atoms with van der Waals surface area (Å²) < 4.78 is 58.5. The summed E-state index contributed by atoms with van der Waals surface area (Å²) in [4.78, 5) is 70.5. The Hall–Kier alpha value is -6.57. The third-order valence-electron chi connectivity index (χ3n) is 16.3. The summed E-state index contributed by atoms with van der Waals surface area (Å²) in [5.41, 5.74) is 13.9. The third kappa shape index (κ3) is 14.9. The number of carbonyl (C=O) groups is 2. The number of benzene rings is 2. The molecule has 9 atom stereocenters. The molecule has 4 unspecified atom stereocenters. The first kappa shape index (κ1) is 62.5. The third-order valence-corrected chi connectivity index (χ3v) is 20.0. The molecule has 4 aliphatic rings. The molecular formula is C58H76N12O13P2S. The molecule has 8 heterocycles. The summed E-state index contributed by atoms with van der Waals surface area (Å²) in [7, 11) is -10.3. The number of anilines is 3. The number of carbonyl (C=O) groups excluding carboxylic acids is 2. The first-order chi connectivity index (χ1) is 41.2. The van der Waals surface area contributed by atoms with E-state index >= 15 is 0 Å². The molecule has 2 amide bonds. The zero-order valence-corrected chi connectivity index (χ0v) is 51.7. The SMILES string of the molecule is CCCOP(=O)(O)OP(=O)(O)O[C@@H]1C[C@@H](C(=O)N[C@@H](C)c2ccc(-c3scnc3C)cc2)N(C(=O)[C@@H](c2cc(OCCN3CCN(CCOc4cc(N5C6CCC5CN(c5cc(-c7ccccc7O)nnc5N)C6)ccn4)[C@H](C)C3)no2)C(C)C)C1. The smallest absolute Gasteiger partial charge is 0.481 e. The number of piperazine rings is 2. The molecule has 4 fully saturated rings. The maximum Gasteiger partial charge on any atom is 0.481 e. The zero-order valence-electron chi connectivity index (χ0n) is 49.1. The lowest BCUT2D eigenvalue weighted by molar-refractivity contribution is -0.141. The van der Waals surface area contributed by atoms with Gasteiger partial charge in [-0.1, -0.05) is 57.2 Å². The number of phosphoric ester groups is 2. The number of ether oxygens (including phenoxy) is 2. The van der Waals surface area contributed by atoms with Crippen LogP contribution < -0.4 is 30.3 Å². The molecule has 6 aromatic rings. The second-order valence-corrected chi connectivity index (χ2v) is 26.5. The van der Waals surface area contributed by atoms with E-state index in [-0.39, 0.29) is 61.0 Å². The Labute approximate surface area is 504 Å². The van der Waals surface area contributed by atoms with Crippen molar-refractivity contribution in [1.82, 2.24) is 45.3 Å². The highest BCUT2D eigenvalue weighted by Gasteiger charge is 2.48. The van der Waals surface area contributed by atoms with Crippen LogP contribution in [0.4, 0.5) is 17.2 Å². The fourth-order valence-corrected chi connectivity index (χ4v) is 15.1. The minimum atomic E-state index is -5.26. The number of amides is 2. The molecule has 4 saturated heterocycles. The Bertz CT molecular complexity index is 3400. The van der Waals surface area contributed by atoms with Crippen LogP contribution in [0.1, 0.15) is 89.3 Å². The van der Waals surface area contributed by atoms with E-state index in [9.17, 15) is 33.6 Å². The number of likely N-dealkylation sites (tertiary alicyclic amines) is 1. The van der Waals surface area contributed by atoms with Gasteiger partial charge in [0.1, 0.15) is 30.9 Å². The van der Waals surface area contributed by atoms with Gasteiger partial charge >= 0.3 is 15.6 Å². The number of phenolic OH excluding ortho intramolecular Hbond substituents is 1. The normalized spacial score (nSPS) is 22.2. The number of aromatic nitrogens is 5. The lowest BCUT2D eigenvalue weighted by atomic mass is 9.91. The number of nitrogens with one attached hydrogen (secondary N) is 1.